The number of nitrogens with one attached hydrogen (secondary N) is 1. The largest absolute Gasteiger partial charge is 0.402 e. The van der Waals surface area contributed by atoms with Gasteiger partial charge in [0.05, 0.1) is 11.4 Å². The van der Waals surface area contributed by atoms with Gasteiger partial charge in [-0.05, 0) is 25.8 Å². The molecule has 0 aliphatic heterocycles. The summed E-state index contributed by atoms with van der Waals surface area (Å²) < 4.78 is 1.78. The minimum atomic E-state index is -0.431. The molecule has 140 valence electrons. The molecule has 1 amide bonds. The fourth-order valence-corrected chi connectivity index (χ4v) is 2.79. The number of fused-ring (bicyclic) bond motifs is 1. The molecule has 9 heteroatoms. The van der Waals surface area contributed by atoms with E-state index in [9.17, 15) is 4.79 Å². The first-order chi connectivity index (χ1) is 12.4. The van der Waals surface area contributed by atoms with E-state index in [4.69, 9.17) is 11.5 Å². The number of carbonyl (C=O) groups excluding carboxylic acids is 1. The van der Waals surface area contributed by atoms with Crippen LogP contribution in [0, 0.1) is 0 Å². The molecule has 0 aliphatic carbocycles. The third-order valence-electron chi connectivity index (χ3n) is 4.02. The summed E-state index contributed by atoms with van der Waals surface area (Å²) in [6.45, 7) is 5.90. The van der Waals surface area contributed by atoms with Crippen molar-refractivity contribution in [2.75, 3.05) is 12.8 Å². The maximum atomic E-state index is 12.8. The molecule has 9 nitrogen and oxygen atoms in total. The van der Waals surface area contributed by atoms with E-state index in [0.29, 0.717) is 22.6 Å². The number of amidine groups is 1. The summed E-state index contributed by atoms with van der Waals surface area (Å²) in [5, 5.41) is 7.67. The lowest BCUT2D eigenvalue weighted by atomic mass is 10.1. The average Bonchev–Trinajstić information content (AvgIpc) is 2.99. The number of carbonyl (C=O) groups is 1. The van der Waals surface area contributed by atoms with Crippen molar-refractivity contribution < 1.29 is 4.79 Å². The first-order valence-corrected chi connectivity index (χ1v) is 8.63. The standard InChI is InChI=1S/C17H26N8O/c1-5-7-11(6-2)25-16-13(15(19)21-9-22-16)14(24-25)17(26)23-12(20-4)8-10(3)18/h8-9,11H,5-7,18H2,1-4H3,(H2,19,21,22)(H,20,23,26). The van der Waals surface area contributed by atoms with Gasteiger partial charge in [-0.25, -0.2) is 14.6 Å². The Balaban J connectivity index is 2.53. The van der Waals surface area contributed by atoms with Crippen LogP contribution in [-0.4, -0.2) is 38.5 Å². The summed E-state index contributed by atoms with van der Waals surface area (Å²) in [6.07, 6.45) is 5.75. The molecular formula is C17H26N8O. The van der Waals surface area contributed by atoms with Crippen LogP contribution in [0.25, 0.3) is 11.0 Å². The molecule has 1 atom stereocenters. The molecule has 0 saturated carbocycles. The predicted molar refractivity (Wildman–Crippen MR) is 103 cm³/mol. The van der Waals surface area contributed by atoms with E-state index in [1.54, 1.807) is 24.7 Å². The van der Waals surface area contributed by atoms with Crippen molar-refractivity contribution in [2.45, 2.75) is 46.1 Å². The SMILES string of the molecule is CCCC(CC)n1nc(C(=O)NC(C=C(C)N)=NC)c2c(N)ncnc21. The van der Waals surface area contributed by atoms with Gasteiger partial charge in [0.1, 0.15) is 18.0 Å². The molecule has 2 heterocycles. The Morgan fingerprint density at radius 1 is 1.42 bits per heavy atom. The third-order valence-corrected chi connectivity index (χ3v) is 4.02. The normalized spacial score (nSPS) is 13.8. The number of anilines is 1. The summed E-state index contributed by atoms with van der Waals surface area (Å²) in [6, 6.07) is 0.129. The Morgan fingerprint density at radius 2 is 2.15 bits per heavy atom. The van der Waals surface area contributed by atoms with Crippen LogP contribution in [0.4, 0.5) is 5.82 Å². The molecule has 2 aromatic rings. The Hall–Kier alpha value is -2.97. The minimum absolute atomic E-state index is 0.129. The molecular weight excluding hydrogens is 332 g/mol. The topological polar surface area (TPSA) is 137 Å². The molecule has 2 rings (SSSR count). The predicted octanol–water partition coefficient (Wildman–Crippen LogP) is 1.78. The Bertz CT molecular complexity index is 848. The zero-order valence-corrected chi connectivity index (χ0v) is 15.7. The first-order valence-electron chi connectivity index (χ1n) is 8.63. The monoisotopic (exact) mass is 358 g/mol. The van der Waals surface area contributed by atoms with Gasteiger partial charge in [0, 0.05) is 12.7 Å². The van der Waals surface area contributed by atoms with Gasteiger partial charge in [-0.2, -0.15) is 5.10 Å². The van der Waals surface area contributed by atoms with E-state index in [-0.39, 0.29) is 17.6 Å². The average molecular weight is 358 g/mol. The second kappa shape index (κ2) is 8.41. The number of nitrogens with zero attached hydrogens (tertiary/aromatic N) is 5. The number of nitrogens with two attached hydrogens (primary N) is 2. The quantitative estimate of drug-likeness (QED) is 0.531. The van der Waals surface area contributed by atoms with Gasteiger partial charge in [-0.1, -0.05) is 20.3 Å². The lowest BCUT2D eigenvalue weighted by molar-refractivity contribution is 0.0972. The molecule has 0 aromatic carbocycles. The summed E-state index contributed by atoms with van der Waals surface area (Å²) >= 11 is 0. The Kier molecular flexibility index (Phi) is 6.26. The van der Waals surface area contributed by atoms with Crippen LogP contribution >= 0.6 is 0 Å². The van der Waals surface area contributed by atoms with Crippen LogP contribution in [0.5, 0.6) is 0 Å². The van der Waals surface area contributed by atoms with Crippen LogP contribution in [0.15, 0.2) is 23.1 Å². The van der Waals surface area contributed by atoms with Crippen molar-refractivity contribution in [3.63, 3.8) is 0 Å². The smallest absolute Gasteiger partial charge is 0.278 e. The van der Waals surface area contributed by atoms with Crippen molar-refractivity contribution in [2.24, 2.45) is 10.7 Å². The number of nitrogen functional groups attached to an aromatic ring is 1. The highest BCUT2D eigenvalue weighted by Gasteiger charge is 2.24. The summed E-state index contributed by atoms with van der Waals surface area (Å²) in [5.41, 5.74) is 12.9. The maximum Gasteiger partial charge on any atom is 0.278 e. The highest BCUT2D eigenvalue weighted by Crippen LogP contribution is 2.27. The zero-order valence-electron chi connectivity index (χ0n) is 15.7. The van der Waals surface area contributed by atoms with E-state index < -0.39 is 5.91 Å². The fourth-order valence-electron chi connectivity index (χ4n) is 2.79. The second-order valence-corrected chi connectivity index (χ2v) is 6.05. The minimum Gasteiger partial charge on any atom is -0.402 e. The molecule has 1 unspecified atom stereocenters. The highest BCUT2D eigenvalue weighted by molar-refractivity contribution is 6.15. The van der Waals surface area contributed by atoms with Gasteiger partial charge < -0.3 is 16.8 Å². The highest BCUT2D eigenvalue weighted by atomic mass is 16.2. The Labute approximate surface area is 152 Å². The van der Waals surface area contributed by atoms with E-state index >= 15 is 0 Å². The molecule has 0 fully saturated rings. The van der Waals surface area contributed by atoms with Crippen molar-refractivity contribution >= 4 is 28.6 Å². The summed E-state index contributed by atoms with van der Waals surface area (Å²) in [4.78, 5) is 25.1. The van der Waals surface area contributed by atoms with Crippen molar-refractivity contribution in [1.82, 2.24) is 25.1 Å². The zero-order chi connectivity index (χ0) is 19.3. The fraction of sp³-hybridized carbons (Fsp3) is 0.471. The second-order valence-electron chi connectivity index (χ2n) is 6.05. The molecule has 0 spiro atoms. The van der Waals surface area contributed by atoms with Crippen LogP contribution in [0.2, 0.25) is 0 Å². The summed E-state index contributed by atoms with van der Waals surface area (Å²) in [5.74, 6) is 0.131. The molecule has 0 saturated heterocycles. The van der Waals surface area contributed by atoms with Crippen LogP contribution in [-0.2, 0) is 0 Å². The Morgan fingerprint density at radius 3 is 2.73 bits per heavy atom. The molecule has 0 bridgehead atoms. The van der Waals surface area contributed by atoms with Gasteiger partial charge in [-0.3, -0.25) is 9.79 Å². The van der Waals surface area contributed by atoms with Gasteiger partial charge in [0.2, 0.25) is 0 Å². The lowest BCUT2D eigenvalue weighted by Gasteiger charge is -2.14. The summed E-state index contributed by atoms with van der Waals surface area (Å²) in [7, 11) is 1.57. The van der Waals surface area contributed by atoms with Gasteiger partial charge >= 0.3 is 0 Å². The maximum absolute atomic E-state index is 12.8. The number of aliphatic imine (C=N–C) groups is 1. The van der Waals surface area contributed by atoms with E-state index in [1.165, 1.54) is 6.33 Å². The van der Waals surface area contributed by atoms with Crippen LogP contribution in [0.1, 0.15) is 56.6 Å². The number of rotatable bonds is 6. The van der Waals surface area contributed by atoms with E-state index in [1.807, 2.05) is 0 Å². The number of hydrogen-bond acceptors (Lipinski definition) is 7. The van der Waals surface area contributed by atoms with E-state index in [0.717, 1.165) is 19.3 Å². The van der Waals surface area contributed by atoms with Gasteiger partial charge in [-0.15, -0.1) is 0 Å². The lowest BCUT2D eigenvalue weighted by Crippen LogP contribution is -2.30. The molecule has 0 aliphatic rings. The number of amides is 1. The van der Waals surface area contributed by atoms with Crippen LogP contribution < -0.4 is 16.8 Å². The van der Waals surface area contributed by atoms with Crippen molar-refractivity contribution in [3.8, 4) is 0 Å². The molecule has 26 heavy (non-hydrogen) atoms. The van der Waals surface area contributed by atoms with Crippen LogP contribution in [0.3, 0.4) is 0 Å². The number of hydrogen-bond donors (Lipinski definition) is 3. The van der Waals surface area contributed by atoms with E-state index in [2.05, 4.69) is 39.2 Å². The van der Waals surface area contributed by atoms with Gasteiger partial charge in [0.15, 0.2) is 11.3 Å². The molecule has 0 radical (unpaired) electrons. The number of aromatic nitrogens is 4. The van der Waals surface area contributed by atoms with Gasteiger partial charge in [0.25, 0.3) is 5.91 Å². The first kappa shape index (κ1) is 19.4. The number of allylic oxidation sites excluding steroid dienone is 1. The molecule has 2 aromatic heterocycles. The third kappa shape index (κ3) is 3.98. The van der Waals surface area contributed by atoms with Crippen molar-refractivity contribution in [1.29, 1.82) is 0 Å². The van der Waals surface area contributed by atoms with Crippen molar-refractivity contribution in [3.05, 3.63) is 23.8 Å². The molecule has 5 N–H and O–H groups in total.